The van der Waals surface area contributed by atoms with E-state index in [-0.39, 0.29) is 31.8 Å². The summed E-state index contributed by atoms with van der Waals surface area (Å²) in [5.74, 6) is -3.05. The lowest BCUT2D eigenvalue weighted by Crippen LogP contribution is -2.56. The van der Waals surface area contributed by atoms with Crippen LogP contribution in [-0.4, -0.2) is 52.8 Å². The molecule has 18 heavy (non-hydrogen) atoms. The molecule has 1 aliphatic heterocycles. The Morgan fingerprint density at radius 1 is 1.44 bits per heavy atom. The minimum atomic E-state index is -1.28. The van der Waals surface area contributed by atoms with Gasteiger partial charge in [-0.15, -0.1) is 12.4 Å². The molecule has 0 spiro atoms. The van der Waals surface area contributed by atoms with Gasteiger partial charge in [0.05, 0.1) is 6.54 Å². The summed E-state index contributed by atoms with van der Waals surface area (Å²) in [6.07, 6.45) is 0.189. The summed E-state index contributed by atoms with van der Waals surface area (Å²) < 4.78 is 0. The van der Waals surface area contributed by atoms with Crippen molar-refractivity contribution in [3.63, 3.8) is 0 Å². The van der Waals surface area contributed by atoms with Crippen LogP contribution in [0, 0.1) is 0 Å². The van der Waals surface area contributed by atoms with Crippen molar-refractivity contribution in [2.45, 2.75) is 18.9 Å². The van der Waals surface area contributed by atoms with Crippen LogP contribution in [0.3, 0.4) is 0 Å². The quantitative estimate of drug-likeness (QED) is 0.515. The van der Waals surface area contributed by atoms with E-state index in [1.165, 1.54) is 0 Å². The molecule has 4 N–H and O–H groups in total. The normalized spacial score (nSPS) is 19.2. The van der Waals surface area contributed by atoms with E-state index in [2.05, 4.69) is 5.32 Å². The molecule has 9 heteroatoms. The first kappa shape index (κ1) is 16.3. The minimum absolute atomic E-state index is 0. The maximum absolute atomic E-state index is 11.7. The predicted octanol–water partition coefficient (Wildman–Crippen LogP) is -1.91. The topological polar surface area (TPSA) is 130 Å². The Hall–Kier alpha value is -1.67. The largest absolute Gasteiger partial charge is 0.480 e. The zero-order valence-electron chi connectivity index (χ0n) is 9.42. The Morgan fingerprint density at radius 2 is 2.06 bits per heavy atom. The highest BCUT2D eigenvalue weighted by Gasteiger charge is 2.35. The smallest absolute Gasteiger partial charge is 0.323 e. The summed E-state index contributed by atoms with van der Waals surface area (Å²) in [5, 5.41) is 10.9. The van der Waals surface area contributed by atoms with E-state index in [0.29, 0.717) is 4.90 Å². The Labute approximate surface area is 109 Å². The SMILES string of the molecule is Cl.NCC(=O)N[C@H]1CCC(=O)N(CC(=O)O)C1=O. The number of imide groups is 1. The van der Waals surface area contributed by atoms with Crippen molar-refractivity contribution >= 4 is 36.1 Å². The number of nitrogens with one attached hydrogen (secondary N) is 1. The Balaban J connectivity index is 0.00000289. The van der Waals surface area contributed by atoms with E-state index in [1.807, 2.05) is 0 Å². The molecule has 1 heterocycles. The molecule has 1 atom stereocenters. The molecule has 1 aliphatic rings. The number of hydrogen-bond donors (Lipinski definition) is 3. The highest BCUT2D eigenvalue weighted by atomic mass is 35.5. The molecule has 0 aliphatic carbocycles. The van der Waals surface area contributed by atoms with Crippen molar-refractivity contribution in [1.82, 2.24) is 10.2 Å². The number of carbonyl (C=O) groups excluding carboxylic acids is 3. The summed E-state index contributed by atoms with van der Waals surface area (Å²) in [7, 11) is 0. The number of likely N-dealkylation sites (tertiary alicyclic amines) is 1. The number of aliphatic carboxylic acids is 1. The van der Waals surface area contributed by atoms with Gasteiger partial charge in [0, 0.05) is 6.42 Å². The number of nitrogens with zero attached hydrogens (tertiary/aromatic N) is 1. The molecule has 0 unspecified atom stereocenters. The minimum Gasteiger partial charge on any atom is -0.480 e. The van der Waals surface area contributed by atoms with Gasteiger partial charge in [-0.05, 0) is 6.42 Å². The van der Waals surface area contributed by atoms with Crippen LogP contribution in [0.1, 0.15) is 12.8 Å². The van der Waals surface area contributed by atoms with E-state index in [0.717, 1.165) is 0 Å². The monoisotopic (exact) mass is 279 g/mol. The average molecular weight is 280 g/mol. The van der Waals surface area contributed by atoms with E-state index in [1.54, 1.807) is 0 Å². The van der Waals surface area contributed by atoms with Crippen molar-refractivity contribution in [2.24, 2.45) is 5.73 Å². The lowest BCUT2D eigenvalue weighted by atomic mass is 10.0. The van der Waals surface area contributed by atoms with Gasteiger partial charge < -0.3 is 16.2 Å². The molecule has 0 aromatic rings. The van der Waals surface area contributed by atoms with Crippen LogP contribution in [0.25, 0.3) is 0 Å². The predicted molar refractivity (Wildman–Crippen MR) is 61.8 cm³/mol. The zero-order chi connectivity index (χ0) is 13.0. The first-order valence-corrected chi connectivity index (χ1v) is 5.01. The maximum atomic E-state index is 11.7. The molecule has 1 rings (SSSR count). The maximum Gasteiger partial charge on any atom is 0.323 e. The fourth-order valence-corrected chi connectivity index (χ4v) is 1.53. The molecule has 102 valence electrons. The molecule has 0 aromatic carbocycles. The van der Waals surface area contributed by atoms with Crippen LogP contribution < -0.4 is 11.1 Å². The van der Waals surface area contributed by atoms with Gasteiger partial charge in [0.2, 0.25) is 11.8 Å². The standard InChI is InChI=1S/C9H13N3O5.ClH/c10-3-6(13)11-5-1-2-7(14)12(9(5)17)4-8(15)16;/h5H,1-4,10H2,(H,11,13)(H,15,16);1H/t5-;/m0./s1. The summed E-state index contributed by atoms with van der Waals surface area (Å²) in [6.45, 7) is -0.955. The highest BCUT2D eigenvalue weighted by Crippen LogP contribution is 2.12. The first-order chi connectivity index (χ1) is 7.95. The van der Waals surface area contributed by atoms with Crippen molar-refractivity contribution in [1.29, 1.82) is 0 Å². The van der Waals surface area contributed by atoms with Crippen molar-refractivity contribution < 1.29 is 24.3 Å². The van der Waals surface area contributed by atoms with Gasteiger partial charge in [0.1, 0.15) is 12.6 Å². The Bertz CT molecular complexity index is 373. The van der Waals surface area contributed by atoms with Gasteiger partial charge in [0.25, 0.3) is 5.91 Å². The number of piperidine rings is 1. The summed E-state index contributed by atoms with van der Waals surface area (Å²) >= 11 is 0. The summed E-state index contributed by atoms with van der Waals surface area (Å²) in [6, 6.07) is -0.872. The van der Waals surface area contributed by atoms with Crippen LogP contribution in [0.15, 0.2) is 0 Å². The Kier molecular flexibility index (Phi) is 6.28. The number of nitrogens with two attached hydrogens (primary N) is 1. The van der Waals surface area contributed by atoms with E-state index < -0.39 is 36.3 Å². The van der Waals surface area contributed by atoms with Crippen LogP contribution in [0.4, 0.5) is 0 Å². The van der Waals surface area contributed by atoms with Crippen molar-refractivity contribution in [2.75, 3.05) is 13.1 Å². The number of carboxylic acid groups (broad SMARTS) is 1. The van der Waals surface area contributed by atoms with Crippen LogP contribution in [-0.2, 0) is 19.2 Å². The zero-order valence-corrected chi connectivity index (χ0v) is 10.2. The number of carboxylic acids is 1. The lowest BCUT2D eigenvalue weighted by molar-refractivity contribution is -0.156. The molecule has 0 saturated carbocycles. The number of amides is 3. The van der Waals surface area contributed by atoms with E-state index >= 15 is 0 Å². The third-order valence-corrected chi connectivity index (χ3v) is 2.33. The molecule has 3 amide bonds. The highest BCUT2D eigenvalue weighted by molar-refractivity contribution is 6.03. The molecule has 1 fully saturated rings. The second-order valence-electron chi connectivity index (χ2n) is 3.57. The van der Waals surface area contributed by atoms with Gasteiger partial charge in [-0.25, -0.2) is 0 Å². The van der Waals surface area contributed by atoms with Crippen LogP contribution in [0.2, 0.25) is 0 Å². The number of rotatable bonds is 4. The van der Waals surface area contributed by atoms with Gasteiger partial charge in [0.15, 0.2) is 0 Å². The third kappa shape index (κ3) is 3.97. The second kappa shape index (κ2) is 6.92. The molecule has 0 radical (unpaired) electrons. The molecular formula is C9H14ClN3O5. The fraction of sp³-hybridized carbons (Fsp3) is 0.556. The van der Waals surface area contributed by atoms with Gasteiger partial charge >= 0.3 is 5.97 Å². The number of hydrogen-bond acceptors (Lipinski definition) is 5. The number of carbonyl (C=O) groups is 4. The van der Waals surface area contributed by atoms with Gasteiger partial charge in [-0.3, -0.25) is 24.1 Å². The molecule has 8 nitrogen and oxygen atoms in total. The van der Waals surface area contributed by atoms with Gasteiger partial charge in [-0.2, -0.15) is 0 Å². The first-order valence-electron chi connectivity index (χ1n) is 5.01. The fourth-order valence-electron chi connectivity index (χ4n) is 1.53. The molecular weight excluding hydrogens is 266 g/mol. The van der Waals surface area contributed by atoms with Crippen molar-refractivity contribution in [3.05, 3.63) is 0 Å². The molecule has 0 aromatic heterocycles. The average Bonchev–Trinajstić information content (AvgIpc) is 2.27. The lowest BCUT2D eigenvalue weighted by Gasteiger charge is -2.29. The van der Waals surface area contributed by atoms with E-state index in [9.17, 15) is 19.2 Å². The van der Waals surface area contributed by atoms with E-state index in [4.69, 9.17) is 10.8 Å². The molecule has 1 saturated heterocycles. The molecule has 0 bridgehead atoms. The van der Waals surface area contributed by atoms with Crippen molar-refractivity contribution in [3.8, 4) is 0 Å². The second-order valence-corrected chi connectivity index (χ2v) is 3.57. The Morgan fingerprint density at radius 3 is 2.56 bits per heavy atom. The summed E-state index contributed by atoms with van der Waals surface area (Å²) in [4.78, 5) is 45.2. The van der Waals surface area contributed by atoms with Gasteiger partial charge in [-0.1, -0.05) is 0 Å². The number of halogens is 1. The summed E-state index contributed by atoms with van der Waals surface area (Å²) in [5.41, 5.74) is 5.08. The van der Waals surface area contributed by atoms with Crippen LogP contribution in [0.5, 0.6) is 0 Å². The third-order valence-electron chi connectivity index (χ3n) is 2.33. The van der Waals surface area contributed by atoms with Crippen LogP contribution >= 0.6 is 12.4 Å².